The van der Waals surface area contributed by atoms with Crippen molar-refractivity contribution in [1.82, 2.24) is 5.06 Å². The average Bonchev–Trinajstić information content (AvgIpc) is 3.48. The Bertz CT molecular complexity index is 1560. The van der Waals surface area contributed by atoms with Gasteiger partial charge in [0.2, 0.25) is 0 Å². The van der Waals surface area contributed by atoms with E-state index in [1.165, 1.54) is 7.05 Å². The van der Waals surface area contributed by atoms with Crippen LogP contribution in [-0.4, -0.2) is 119 Å². The van der Waals surface area contributed by atoms with Crippen molar-refractivity contribution in [3.8, 4) is 0 Å². The topological polar surface area (TPSA) is 172 Å². The predicted molar refractivity (Wildman–Crippen MR) is 203 cm³/mol. The van der Waals surface area contributed by atoms with Crippen LogP contribution in [-0.2, 0) is 38.0 Å². The highest BCUT2D eigenvalue weighted by Crippen LogP contribution is 2.47. The lowest BCUT2D eigenvalue weighted by atomic mass is 9.71. The first kappa shape index (κ1) is 42.3. The molecule has 16 atom stereocenters. The Hall–Kier alpha value is -2.27. The van der Waals surface area contributed by atoms with Gasteiger partial charge in [0.05, 0.1) is 37.1 Å². The van der Waals surface area contributed by atoms with Crippen LogP contribution >= 0.6 is 0 Å². The Kier molecular flexibility index (Phi) is 12.7. The lowest BCUT2D eigenvalue weighted by molar-refractivity contribution is -0.313. The Labute approximate surface area is 326 Å². The van der Waals surface area contributed by atoms with E-state index < -0.39 is 71.9 Å². The highest BCUT2D eigenvalue weighted by atomic mass is 16.7. The predicted octanol–water partition coefficient (Wildman–Crippen LogP) is 4.46. The number of nitrogens with two attached hydrogens (primary N) is 1. The van der Waals surface area contributed by atoms with E-state index in [2.05, 4.69) is 32.9 Å². The van der Waals surface area contributed by atoms with Crippen LogP contribution < -0.4 is 5.73 Å². The number of methoxy groups -OCH3 is 1. The number of carbonyl (C=O) groups is 1. The van der Waals surface area contributed by atoms with Gasteiger partial charge in [0.15, 0.2) is 12.1 Å². The van der Waals surface area contributed by atoms with Crippen LogP contribution in [0.1, 0.15) is 80.6 Å². The zero-order valence-electron chi connectivity index (χ0n) is 33.9. The summed E-state index contributed by atoms with van der Waals surface area (Å²) >= 11 is 0. The van der Waals surface area contributed by atoms with Crippen molar-refractivity contribution in [2.24, 2.45) is 29.4 Å². The number of likely N-dealkylation sites (N-methyl/N-ethyl adjacent to an activating group) is 1. The maximum Gasteiger partial charge on any atom is 0.316 e. The van der Waals surface area contributed by atoms with Crippen molar-refractivity contribution >= 4 is 5.97 Å². The van der Waals surface area contributed by atoms with Gasteiger partial charge in [-0.25, -0.2) is 0 Å². The van der Waals surface area contributed by atoms with Crippen LogP contribution in [0.15, 0.2) is 59.3 Å². The number of aliphatic hydroxyl groups excluding tert-OH is 1. The molecule has 0 aromatic heterocycles. The number of carbonyl (C=O) groups excluding carboxylic acids is 1. The molecule has 2 bridgehead atoms. The zero-order chi connectivity index (χ0) is 40.0. The van der Waals surface area contributed by atoms with Gasteiger partial charge in [-0.15, -0.1) is 0 Å². The fourth-order valence-electron chi connectivity index (χ4n) is 9.40. The van der Waals surface area contributed by atoms with Gasteiger partial charge in [0.1, 0.15) is 35.5 Å². The Morgan fingerprint density at radius 2 is 1.84 bits per heavy atom. The Morgan fingerprint density at radius 3 is 2.53 bits per heavy atom. The highest BCUT2D eigenvalue weighted by molar-refractivity contribution is 5.78. The van der Waals surface area contributed by atoms with Crippen molar-refractivity contribution in [3.05, 3.63) is 59.3 Å². The van der Waals surface area contributed by atoms with E-state index in [0.717, 1.165) is 17.1 Å². The fraction of sp³-hybridized carbons (Fsp3) is 0.738. The molecule has 308 valence electrons. The molecule has 5 heterocycles. The number of nitrogens with zero attached hydrogens (tertiary/aromatic N) is 1. The third-order valence-corrected chi connectivity index (χ3v) is 13.1. The first-order valence-corrected chi connectivity index (χ1v) is 20.0. The van der Waals surface area contributed by atoms with Crippen LogP contribution in [0.5, 0.6) is 0 Å². The minimum Gasteiger partial charge on any atom is -0.462 e. The van der Waals surface area contributed by atoms with E-state index in [1.54, 1.807) is 33.1 Å². The molecule has 3 fully saturated rings. The second-order valence-electron chi connectivity index (χ2n) is 16.9. The Morgan fingerprint density at radius 1 is 1.09 bits per heavy atom. The van der Waals surface area contributed by atoms with Gasteiger partial charge in [-0.1, -0.05) is 70.6 Å². The van der Waals surface area contributed by atoms with E-state index in [9.17, 15) is 20.2 Å². The van der Waals surface area contributed by atoms with Gasteiger partial charge >= 0.3 is 5.97 Å². The summed E-state index contributed by atoms with van der Waals surface area (Å²) < 4.78 is 44.9. The molecule has 0 aromatic rings. The number of hydrogen-bond donors (Lipinski definition) is 4. The molecule has 13 nitrogen and oxygen atoms in total. The molecule has 0 saturated carbocycles. The molecular formula is C42H64N2O11. The van der Waals surface area contributed by atoms with Crippen LogP contribution in [0.25, 0.3) is 0 Å². The normalized spacial score (nSPS) is 48.3. The number of rotatable bonds is 6. The minimum atomic E-state index is -1.83. The molecule has 5 aliphatic heterocycles. The molecule has 3 unspecified atom stereocenters. The van der Waals surface area contributed by atoms with E-state index in [-0.39, 0.29) is 43.0 Å². The summed E-state index contributed by atoms with van der Waals surface area (Å²) in [6.45, 7) is 14.1. The number of hydrogen-bond acceptors (Lipinski definition) is 13. The number of fused-ring (bicyclic) bond motifs is 2. The molecular weight excluding hydrogens is 708 g/mol. The van der Waals surface area contributed by atoms with Gasteiger partial charge < -0.3 is 54.3 Å². The third-order valence-electron chi connectivity index (χ3n) is 13.1. The summed E-state index contributed by atoms with van der Waals surface area (Å²) in [5.74, 6) is -2.56. The van der Waals surface area contributed by atoms with Crippen molar-refractivity contribution < 1.29 is 53.4 Å². The number of allylic oxidation sites excluding steroid dienone is 2. The molecule has 55 heavy (non-hydrogen) atoms. The third kappa shape index (κ3) is 7.97. The van der Waals surface area contributed by atoms with Crippen molar-refractivity contribution in [2.45, 2.75) is 153 Å². The van der Waals surface area contributed by atoms with Gasteiger partial charge in [-0.05, 0) is 55.9 Å². The molecule has 0 aromatic carbocycles. The quantitative estimate of drug-likeness (QED) is 0.129. The van der Waals surface area contributed by atoms with E-state index in [4.69, 9.17) is 38.9 Å². The molecule has 1 aliphatic carbocycles. The smallest absolute Gasteiger partial charge is 0.316 e. The maximum atomic E-state index is 14.3. The summed E-state index contributed by atoms with van der Waals surface area (Å²) in [4.78, 5) is 14.3. The lowest BCUT2D eigenvalue weighted by Crippen LogP contribution is -2.72. The Balaban J connectivity index is 1.38. The summed E-state index contributed by atoms with van der Waals surface area (Å²) in [5.41, 5.74) is 5.43. The van der Waals surface area contributed by atoms with Gasteiger partial charge in [0.25, 0.3) is 0 Å². The first-order valence-electron chi connectivity index (χ1n) is 20.0. The van der Waals surface area contributed by atoms with Crippen molar-refractivity contribution in [3.63, 3.8) is 0 Å². The first-order chi connectivity index (χ1) is 26.0. The fourth-order valence-corrected chi connectivity index (χ4v) is 9.40. The molecule has 0 radical (unpaired) electrons. The van der Waals surface area contributed by atoms with Crippen LogP contribution in [0.2, 0.25) is 0 Å². The number of aliphatic hydroxyl groups is 2. The number of ether oxygens (including phenoxy) is 7. The maximum absolute atomic E-state index is 14.3. The standard InChI is InChI=1S/C42H64N2O11/c1-10-23(2)37-26(5)16-17-40(55-37)21-31-19-30(54-40)15-14-25(4)36(53-34-20-33(49-9)42(43,44(8)48)28(7)51-34)24(3)12-11-13-29-22-50-38-35(45)27(6)18-32(39(46)52-31)41(29,38)47/h11-14,16-18,23-24,26,28,30-38,45,47-48H,10,15,19-22,43H2,1-9H3/b12-11+,25-14+,29-13+/t23?,24?,26-,28-,30+,31-,32-,33-,34-,35+,36-,37+,38?,40+,41+,42+/m0/s1. The van der Waals surface area contributed by atoms with E-state index in [0.29, 0.717) is 30.4 Å². The molecule has 1 spiro atoms. The van der Waals surface area contributed by atoms with Crippen molar-refractivity contribution in [1.29, 1.82) is 0 Å². The summed E-state index contributed by atoms with van der Waals surface area (Å²) in [5, 5.41) is 34.9. The average molecular weight is 773 g/mol. The van der Waals surface area contributed by atoms with Gasteiger partial charge in [-0.3, -0.25) is 4.79 Å². The van der Waals surface area contributed by atoms with Crippen molar-refractivity contribution in [2.75, 3.05) is 20.8 Å². The summed E-state index contributed by atoms with van der Waals surface area (Å²) in [6.07, 6.45) is 10.2. The molecule has 5 N–H and O–H groups in total. The monoisotopic (exact) mass is 772 g/mol. The number of hydroxylamine groups is 2. The second-order valence-corrected chi connectivity index (χ2v) is 16.9. The van der Waals surface area contributed by atoms with Gasteiger partial charge in [-0.2, -0.15) is 5.06 Å². The van der Waals surface area contributed by atoms with Crippen LogP contribution in [0.3, 0.4) is 0 Å². The minimum absolute atomic E-state index is 0.0311. The van der Waals surface area contributed by atoms with Gasteiger partial charge in [0, 0.05) is 45.3 Å². The lowest BCUT2D eigenvalue weighted by Gasteiger charge is -2.49. The molecule has 6 aliphatic rings. The van der Waals surface area contributed by atoms with Crippen LogP contribution in [0, 0.1) is 23.7 Å². The largest absolute Gasteiger partial charge is 0.462 e. The van der Waals surface area contributed by atoms with Crippen LogP contribution in [0.4, 0.5) is 0 Å². The molecule has 0 amide bonds. The zero-order valence-corrected chi connectivity index (χ0v) is 33.9. The van der Waals surface area contributed by atoms with E-state index >= 15 is 0 Å². The second kappa shape index (κ2) is 16.5. The molecule has 13 heteroatoms. The molecule has 6 rings (SSSR count). The summed E-state index contributed by atoms with van der Waals surface area (Å²) in [7, 11) is 3.03. The molecule has 3 saturated heterocycles. The SMILES string of the molecule is CCC(C)[C@H]1O[C@]2(C=C[C@@H]1C)C[C@@H]1C[C@@H](C/C=C(\C)[C@@H](O[C@H]3C[C@H](OC)[C@](N)(N(C)O)[C@H](C)O3)C(C)/C=C/C=C3\COC4[C@H](O)C(C)=C[C@@H](C(=O)O1)[C@]34O)O2. The number of esters is 1. The highest BCUT2D eigenvalue weighted by Gasteiger charge is 2.60. The van der Waals surface area contributed by atoms with E-state index in [1.807, 2.05) is 32.1 Å². The summed E-state index contributed by atoms with van der Waals surface area (Å²) in [6, 6.07) is 0.